The first-order chi connectivity index (χ1) is 11.0. The molecule has 0 aliphatic heterocycles. The Morgan fingerprint density at radius 3 is 2.48 bits per heavy atom. The molecule has 124 valence electrons. The van der Waals surface area contributed by atoms with Crippen LogP contribution in [0.5, 0.6) is 0 Å². The van der Waals surface area contributed by atoms with Crippen molar-refractivity contribution >= 4 is 23.2 Å². The molecule has 2 rings (SSSR count). The van der Waals surface area contributed by atoms with Crippen LogP contribution in [0.25, 0.3) is 5.47 Å². The van der Waals surface area contributed by atoms with Crippen LogP contribution < -0.4 is 0 Å². The quantitative estimate of drug-likeness (QED) is 0.325. The smallest absolute Gasteiger partial charge is 0.320 e. The maximum absolute atomic E-state index is 6.94. The van der Waals surface area contributed by atoms with Gasteiger partial charge >= 0.3 is 6.26 Å². The molecule has 0 N–H and O–H groups in total. The van der Waals surface area contributed by atoms with Crippen LogP contribution in [0.1, 0.15) is 64.0 Å². The maximum Gasteiger partial charge on any atom is 0.365 e. The van der Waals surface area contributed by atoms with Gasteiger partial charge in [0.1, 0.15) is 0 Å². The molecule has 0 saturated heterocycles. The lowest BCUT2D eigenvalue weighted by Gasteiger charge is -2.34. The third-order valence-electron chi connectivity index (χ3n) is 4.69. The fourth-order valence-electron chi connectivity index (χ4n) is 3.69. The Morgan fingerprint density at radius 1 is 1.22 bits per heavy atom. The third-order valence-corrected chi connectivity index (χ3v) is 5.15. The summed E-state index contributed by atoms with van der Waals surface area (Å²) in [6, 6.07) is 9.59. The molecule has 1 unspecified atom stereocenters. The van der Waals surface area contributed by atoms with E-state index >= 15 is 0 Å². The fraction of sp³-hybridized carbons (Fsp3) is 0.500. The number of rotatable bonds is 8. The van der Waals surface area contributed by atoms with Crippen LogP contribution in [-0.4, -0.2) is 23.2 Å². The first-order valence-electron chi connectivity index (χ1n) is 8.80. The van der Waals surface area contributed by atoms with E-state index < -0.39 is 0 Å². The van der Waals surface area contributed by atoms with E-state index in [-0.39, 0.29) is 6.26 Å². The number of benzene rings is 1. The molecule has 0 heterocycles. The van der Waals surface area contributed by atoms with Gasteiger partial charge in [0.05, 0.1) is 0 Å². The zero-order valence-corrected chi connectivity index (χ0v) is 15.7. The van der Waals surface area contributed by atoms with Gasteiger partial charge in [-0.05, 0) is 47.9 Å². The molecule has 0 saturated carbocycles. The second kappa shape index (κ2) is 8.21. The summed E-state index contributed by atoms with van der Waals surface area (Å²) in [6.45, 7) is 12.7. The summed E-state index contributed by atoms with van der Waals surface area (Å²) in [4.78, 5) is 2.39. The number of hydrogen-bond acceptors (Lipinski definition) is 1. The predicted octanol–water partition coefficient (Wildman–Crippen LogP) is 5.91. The molecular weight excluding hydrogens is 300 g/mol. The van der Waals surface area contributed by atoms with Gasteiger partial charge in [-0.15, -0.1) is 6.58 Å². The molecule has 0 fully saturated rings. The SMILES string of the molecule is C=CCCCC1C=C(B(Cl)N(C(C)C)C(C)C)c2ccccc21. The molecule has 23 heavy (non-hydrogen) atoms. The first-order valence-corrected chi connectivity index (χ1v) is 9.24. The minimum Gasteiger partial charge on any atom is -0.320 e. The maximum atomic E-state index is 6.94. The van der Waals surface area contributed by atoms with Crippen LogP contribution in [0.4, 0.5) is 0 Å². The van der Waals surface area contributed by atoms with Gasteiger partial charge in [0, 0.05) is 5.92 Å². The van der Waals surface area contributed by atoms with E-state index in [0.717, 1.165) is 6.42 Å². The van der Waals surface area contributed by atoms with Crippen molar-refractivity contribution < 1.29 is 0 Å². The van der Waals surface area contributed by atoms with E-state index in [1.807, 2.05) is 6.08 Å². The molecule has 1 aliphatic rings. The second-order valence-corrected chi connectivity index (χ2v) is 7.42. The summed E-state index contributed by atoms with van der Waals surface area (Å²) in [5.74, 6) is 0.489. The lowest BCUT2D eigenvalue weighted by Crippen LogP contribution is -2.46. The molecule has 0 spiro atoms. The Morgan fingerprint density at radius 2 is 1.87 bits per heavy atom. The molecule has 3 heteroatoms. The van der Waals surface area contributed by atoms with Crippen LogP contribution in [0.15, 0.2) is 43.0 Å². The van der Waals surface area contributed by atoms with Crippen LogP contribution in [0, 0.1) is 0 Å². The topological polar surface area (TPSA) is 3.24 Å². The van der Waals surface area contributed by atoms with Crippen LogP contribution in [0.2, 0.25) is 0 Å². The highest BCUT2D eigenvalue weighted by atomic mass is 35.5. The van der Waals surface area contributed by atoms with Gasteiger partial charge in [-0.25, -0.2) is 0 Å². The van der Waals surface area contributed by atoms with E-state index in [1.165, 1.54) is 29.4 Å². The Kier molecular flexibility index (Phi) is 6.55. The summed E-state index contributed by atoms with van der Waals surface area (Å²) >= 11 is 6.94. The normalized spacial score (nSPS) is 16.9. The number of nitrogens with zero attached hydrogens (tertiary/aromatic N) is 1. The van der Waals surface area contributed by atoms with Gasteiger partial charge in [0.2, 0.25) is 0 Å². The average Bonchev–Trinajstić information content (AvgIpc) is 2.86. The lowest BCUT2D eigenvalue weighted by atomic mass is 9.73. The van der Waals surface area contributed by atoms with E-state index in [4.69, 9.17) is 11.5 Å². The second-order valence-electron chi connectivity index (χ2n) is 7.01. The van der Waals surface area contributed by atoms with Gasteiger partial charge in [-0.1, -0.05) is 64.1 Å². The summed E-state index contributed by atoms with van der Waals surface area (Å²) in [5.41, 5.74) is 4.06. The van der Waals surface area contributed by atoms with E-state index in [2.05, 4.69) is 69.4 Å². The monoisotopic (exact) mass is 329 g/mol. The van der Waals surface area contributed by atoms with E-state index in [1.54, 1.807) is 0 Å². The zero-order chi connectivity index (χ0) is 17.0. The van der Waals surface area contributed by atoms with E-state index in [0.29, 0.717) is 18.0 Å². The van der Waals surface area contributed by atoms with Crippen molar-refractivity contribution in [3.05, 3.63) is 54.1 Å². The number of unbranched alkanes of at least 4 members (excludes halogenated alkanes) is 1. The fourth-order valence-corrected chi connectivity index (χ4v) is 4.33. The highest BCUT2D eigenvalue weighted by Gasteiger charge is 2.35. The molecule has 0 radical (unpaired) electrons. The molecule has 0 aromatic heterocycles. The zero-order valence-electron chi connectivity index (χ0n) is 14.9. The Bertz CT molecular complexity index is 557. The number of fused-ring (bicyclic) bond motifs is 1. The van der Waals surface area contributed by atoms with Gasteiger partial charge in [0.15, 0.2) is 0 Å². The molecule has 1 aliphatic carbocycles. The molecule has 1 atom stereocenters. The average molecular weight is 330 g/mol. The predicted molar refractivity (Wildman–Crippen MR) is 105 cm³/mol. The number of allylic oxidation sites excluding steroid dienone is 2. The summed E-state index contributed by atoms with van der Waals surface area (Å²) in [7, 11) is 0. The van der Waals surface area contributed by atoms with Crippen molar-refractivity contribution in [3.8, 4) is 0 Å². The standard InChI is InChI=1S/C20H29BClN/c1-6-7-8-11-17-14-20(19-13-10-9-12-18(17)19)21(22)23(15(2)3)16(4)5/h6,9-10,12-17H,1,7-8,11H2,2-5H3. The molecule has 1 aromatic rings. The molecular formula is C20H29BClN. The highest BCUT2D eigenvalue weighted by Crippen LogP contribution is 2.41. The number of halogens is 1. The lowest BCUT2D eigenvalue weighted by molar-refractivity contribution is 0.312. The summed E-state index contributed by atoms with van der Waals surface area (Å²) in [6.07, 6.45) is 7.77. The van der Waals surface area contributed by atoms with Crippen LogP contribution in [-0.2, 0) is 0 Å². The largest absolute Gasteiger partial charge is 0.365 e. The van der Waals surface area contributed by atoms with Crippen molar-refractivity contribution in [2.75, 3.05) is 0 Å². The molecule has 1 aromatic carbocycles. The van der Waals surface area contributed by atoms with Crippen molar-refractivity contribution in [3.63, 3.8) is 0 Å². The van der Waals surface area contributed by atoms with E-state index in [9.17, 15) is 0 Å². The summed E-state index contributed by atoms with van der Waals surface area (Å²) < 4.78 is 0. The minimum absolute atomic E-state index is 0.0689. The van der Waals surface area contributed by atoms with Gasteiger partial charge in [-0.2, -0.15) is 11.5 Å². The van der Waals surface area contributed by atoms with Crippen molar-refractivity contribution in [1.29, 1.82) is 0 Å². The van der Waals surface area contributed by atoms with Crippen LogP contribution in [0.3, 0.4) is 0 Å². The summed E-state index contributed by atoms with van der Waals surface area (Å²) in [5, 5.41) is 0. The highest BCUT2D eigenvalue weighted by molar-refractivity contribution is 7.15. The Labute approximate surface area is 147 Å². The molecule has 0 amide bonds. The van der Waals surface area contributed by atoms with Crippen molar-refractivity contribution in [2.45, 2.75) is 65.0 Å². The molecule has 1 nitrogen and oxygen atoms in total. The van der Waals surface area contributed by atoms with Gasteiger partial charge in [0.25, 0.3) is 0 Å². The molecule has 0 bridgehead atoms. The van der Waals surface area contributed by atoms with Crippen molar-refractivity contribution in [1.82, 2.24) is 4.81 Å². The van der Waals surface area contributed by atoms with Crippen LogP contribution >= 0.6 is 11.5 Å². The Hall–Kier alpha value is -0.985. The first kappa shape index (κ1) is 18.4. The number of hydrogen-bond donors (Lipinski definition) is 0. The van der Waals surface area contributed by atoms with Crippen molar-refractivity contribution in [2.24, 2.45) is 0 Å². The van der Waals surface area contributed by atoms with Gasteiger partial charge in [-0.3, -0.25) is 0 Å². The third kappa shape index (κ3) is 4.11. The minimum atomic E-state index is -0.0689. The van der Waals surface area contributed by atoms with Gasteiger partial charge < -0.3 is 4.81 Å². The Balaban J connectivity index is 2.29.